The van der Waals surface area contributed by atoms with Crippen LogP contribution < -0.4 is 10.7 Å². The van der Waals surface area contributed by atoms with Crippen LogP contribution in [0.1, 0.15) is 26.5 Å². The number of hydrogen-bond acceptors (Lipinski definition) is 3. The first-order chi connectivity index (χ1) is 7.47. The standard InChI is InChI=1S/C11H16N4S/c1-11(2,3)14-10(16)15-13-8-9-6-4-5-7-12-9/h4-8H,1-3H3,(H2,14,15,16). The number of rotatable bonds is 2. The van der Waals surface area contributed by atoms with E-state index in [4.69, 9.17) is 12.2 Å². The summed E-state index contributed by atoms with van der Waals surface area (Å²) in [5.74, 6) is 0. The Hall–Kier alpha value is -1.49. The lowest BCUT2D eigenvalue weighted by molar-refractivity contribution is 0.508. The van der Waals surface area contributed by atoms with Gasteiger partial charge in [0.1, 0.15) is 0 Å². The monoisotopic (exact) mass is 236 g/mol. The van der Waals surface area contributed by atoms with Gasteiger partial charge in [-0.05, 0) is 45.1 Å². The van der Waals surface area contributed by atoms with Gasteiger partial charge in [-0.2, -0.15) is 5.10 Å². The van der Waals surface area contributed by atoms with E-state index in [0.717, 1.165) is 5.69 Å². The van der Waals surface area contributed by atoms with Crippen LogP contribution in [0.2, 0.25) is 0 Å². The number of nitrogens with zero attached hydrogens (tertiary/aromatic N) is 2. The van der Waals surface area contributed by atoms with Crippen molar-refractivity contribution in [2.45, 2.75) is 26.3 Å². The third-order valence-electron chi connectivity index (χ3n) is 1.54. The van der Waals surface area contributed by atoms with Gasteiger partial charge in [-0.1, -0.05) is 6.07 Å². The molecular formula is C11H16N4S. The van der Waals surface area contributed by atoms with E-state index in [1.807, 2.05) is 39.0 Å². The van der Waals surface area contributed by atoms with Crippen LogP contribution in [-0.4, -0.2) is 21.8 Å². The van der Waals surface area contributed by atoms with E-state index >= 15 is 0 Å². The number of nitrogens with one attached hydrogen (secondary N) is 2. The van der Waals surface area contributed by atoms with Crippen molar-refractivity contribution in [3.63, 3.8) is 0 Å². The van der Waals surface area contributed by atoms with E-state index in [9.17, 15) is 0 Å². The normalized spacial score (nSPS) is 11.4. The molecule has 1 aromatic heterocycles. The Labute approximate surface area is 101 Å². The molecule has 1 heterocycles. The van der Waals surface area contributed by atoms with Gasteiger partial charge in [-0.15, -0.1) is 0 Å². The molecule has 86 valence electrons. The Balaban J connectivity index is 2.41. The molecule has 0 aliphatic carbocycles. The van der Waals surface area contributed by atoms with Crippen molar-refractivity contribution in [2.24, 2.45) is 5.10 Å². The topological polar surface area (TPSA) is 49.3 Å². The molecule has 16 heavy (non-hydrogen) atoms. The predicted octanol–water partition coefficient (Wildman–Crippen LogP) is 1.68. The van der Waals surface area contributed by atoms with Gasteiger partial charge in [-0.25, -0.2) is 0 Å². The molecule has 5 heteroatoms. The third kappa shape index (κ3) is 5.41. The largest absolute Gasteiger partial charge is 0.357 e. The van der Waals surface area contributed by atoms with Crippen molar-refractivity contribution in [2.75, 3.05) is 0 Å². The van der Waals surface area contributed by atoms with Gasteiger partial charge >= 0.3 is 0 Å². The first-order valence-corrected chi connectivity index (χ1v) is 5.40. The molecule has 2 N–H and O–H groups in total. The lowest BCUT2D eigenvalue weighted by Gasteiger charge is -2.21. The molecule has 4 nitrogen and oxygen atoms in total. The highest BCUT2D eigenvalue weighted by Crippen LogP contribution is 1.97. The van der Waals surface area contributed by atoms with Crippen LogP contribution in [0.5, 0.6) is 0 Å². The van der Waals surface area contributed by atoms with E-state index in [2.05, 4.69) is 20.8 Å². The summed E-state index contributed by atoms with van der Waals surface area (Å²) in [6.07, 6.45) is 3.34. The zero-order valence-corrected chi connectivity index (χ0v) is 10.5. The Morgan fingerprint density at radius 2 is 2.19 bits per heavy atom. The summed E-state index contributed by atoms with van der Waals surface area (Å²) in [5.41, 5.74) is 3.46. The molecule has 0 fully saturated rings. The molecule has 0 atom stereocenters. The maximum atomic E-state index is 5.06. The van der Waals surface area contributed by atoms with Gasteiger partial charge in [-0.3, -0.25) is 10.4 Å². The molecule has 1 rings (SSSR count). The lowest BCUT2D eigenvalue weighted by Crippen LogP contribution is -2.44. The third-order valence-corrected chi connectivity index (χ3v) is 1.73. The minimum atomic E-state index is -0.0649. The molecule has 1 aromatic rings. The van der Waals surface area contributed by atoms with E-state index in [1.54, 1.807) is 12.4 Å². The van der Waals surface area contributed by atoms with Crippen molar-refractivity contribution in [3.8, 4) is 0 Å². The highest BCUT2D eigenvalue weighted by molar-refractivity contribution is 7.80. The lowest BCUT2D eigenvalue weighted by atomic mass is 10.1. The molecule has 0 unspecified atom stereocenters. The predicted molar refractivity (Wildman–Crippen MR) is 70.5 cm³/mol. The fourth-order valence-corrected chi connectivity index (χ4v) is 1.34. The highest BCUT2D eigenvalue weighted by Gasteiger charge is 2.09. The maximum absolute atomic E-state index is 5.06. The van der Waals surface area contributed by atoms with Crippen molar-refractivity contribution in [1.29, 1.82) is 0 Å². The van der Waals surface area contributed by atoms with Crippen LogP contribution in [-0.2, 0) is 0 Å². The second kappa shape index (κ2) is 5.55. The quantitative estimate of drug-likeness (QED) is 0.466. The summed E-state index contributed by atoms with van der Waals surface area (Å²) in [6.45, 7) is 6.09. The van der Waals surface area contributed by atoms with Crippen LogP contribution >= 0.6 is 12.2 Å². The molecule has 0 amide bonds. The maximum Gasteiger partial charge on any atom is 0.187 e. The fourth-order valence-electron chi connectivity index (χ4n) is 0.978. The SMILES string of the molecule is CC(C)(C)NC(=S)NN=Cc1ccccn1. The summed E-state index contributed by atoms with van der Waals surface area (Å²) in [7, 11) is 0. The summed E-state index contributed by atoms with van der Waals surface area (Å²) < 4.78 is 0. The van der Waals surface area contributed by atoms with E-state index in [1.165, 1.54) is 0 Å². The van der Waals surface area contributed by atoms with Gasteiger partial charge in [0.15, 0.2) is 5.11 Å². The molecule has 0 aliphatic heterocycles. The van der Waals surface area contributed by atoms with Crippen LogP contribution in [0.4, 0.5) is 0 Å². The first kappa shape index (κ1) is 12.6. The van der Waals surface area contributed by atoms with Gasteiger partial charge in [0.25, 0.3) is 0 Å². The van der Waals surface area contributed by atoms with Gasteiger partial charge in [0.05, 0.1) is 11.9 Å². The second-order valence-corrected chi connectivity index (χ2v) is 4.74. The number of pyridine rings is 1. The van der Waals surface area contributed by atoms with Crippen LogP contribution in [0.15, 0.2) is 29.5 Å². The Morgan fingerprint density at radius 3 is 2.75 bits per heavy atom. The van der Waals surface area contributed by atoms with Crippen molar-refractivity contribution in [3.05, 3.63) is 30.1 Å². The molecule has 0 bridgehead atoms. The van der Waals surface area contributed by atoms with E-state index < -0.39 is 0 Å². The zero-order valence-electron chi connectivity index (χ0n) is 9.69. The Morgan fingerprint density at radius 1 is 1.44 bits per heavy atom. The molecule has 0 aromatic carbocycles. The number of thiocarbonyl (C=S) groups is 1. The van der Waals surface area contributed by atoms with E-state index in [0.29, 0.717) is 5.11 Å². The van der Waals surface area contributed by atoms with E-state index in [-0.39, 0.29) is 5.54 Å². The highest BCUT2D eigenvalue weighted by atomic mass is 32.1. The molecule has 0 saturated heterocycles. The van der Waals surface area contributed by atoms with Gasteiger partial charge in [0, 0.05) is 11.7 Å². The van der Waals surface area contributed by atoms with Crippen LogP contribution in [0.3, 0.4) is 0 Å². The minimum Gasteiger partial charge on any atom is -0.357 e. The number of hydrazone groups is 1. The average molecular weight is 236 g/mol. The second-order valence-electron chi connectivity index (χ2n) is 4.33. The fraction of sp³-hybridized carbons (Fsp3) is 0.364. The Kier molecular flexibility index (Phi) is 4.37. The van der Waals surface area contributed by atoms with Crippen LogP contribution in [0, 0.1) is 0 Å². The molecule has 0 saturated carbocycles. The number of hydrogen-bond donors (Lipinski definition) is 2. The first-order valence-electron chi connectivity index (χ1n) is 5.00. The smallest absolute Gasteiger partial charge is 0.187 e. The number of aromatic nitrogens is 1. The summed E-state index contributed by atoms with van der Waals surface area (Å²) in [4.78, 5) is 4.10. The Bertz CT molecular complexity index is 367. The average Bonchev–Trinajstić information content (AvgIpc) is 2.16. The van der Waals surface area contributed by atoms with Crippen molar-refractivity contribution in [1.82, 2.24) is 15.7 Å². The minimum absolute atomic E-state index is 0.0649. The summed E-state index contributed by atoms with van der Waals surface area (Å²) >= 11 is 5.06. The summed E-state index contributed by atoms with van der Waals surface area (Å²) in [6, 6.07) is 5.63. The van der Waals surface area contributed by atoms with Gasteiger partial charge in [0.2, 0.25) is 0 Å². The van der Waals surface area contributed by atoms with Crippen molar-refractivity contribution < 1.29 is 0 Å². The van der Waals surface area contributed by atoms with Gasteiger partial charge < -0.3 is 5.32 Å². The molecular weight excluding hydrogens is 220 g/mol. The molecule has 0 radical (unpaired) electrons. The molecule has 0 spiro atoms. The zero-order chi connectivity index (χ0) is 12.0. The van der Waals surface area contributed by atoms with Crippen molar-refractivity contribution >= 4 is 23.5 Å². The van der Waals surface area contributed by atoms with Crippen LogP contribution in [0.25, 0.3) is 0 Å². The summed E-state index contributed by atoms with van der Waals surface area (Å²) in [5, 5.41) is 7.58. The molecule has 0 aliphatic rings.